The molecule has 4 unspecified atom stereocenters. The topological polar surface area (TPSA) is 776 Å². The van der Waals surface area contributed by atoms with Gasteiger partial charge in [0.25, 0.3) is 38.7 Å². The van der Waals surface area contributed by atoms with Crippen LogP contribution in [0.25, 0.3) is 68.6 Å². The number of carbonyl (C=O) groups is 4. The summed E-state index contributed by atoms with van der Waals surface area (Å²) in [5, 5.41) is 33.8. The van der Waals surface area contributed by atoms with Gasteiger partial charge in [-0.15, -0.1) is 0 Å². The Labute approximate surface area is 794 Å². The van der Waals surface area contributed by atoms with Gasteiger partial charge >= 0.3 is 50.4 Å². The molecule has 8 aromatic heterocycles. The highest BCUT2D eigenvalue weighted by Crippen LogP contribution is 2.57. The number of aliphatic hydroxyl groups excluding tert-OH is 2. The zero-order valence-electron chi connectivity index (χ0n) is 75.5. The number of nitrogens with two attached hydrogens (primary N) is 2. The third-order valence-corrected chi connectivity index (χ3v) is 27.6. The number of anilines is 4. The molecule has 2 aliphatic rings. The van der Waals surface area contributed by atoms with E-state index in [2.05, 4.69) is 68.7 Å². The molecule has 12 rings (SSSR count). The summed E-state index contributed by atoms with van der Waals surface area (Å²) in [6.07, 6.45) is -1.44. The Balaban J connectivity index is 0.000000268. The van der Waals surface area contributed by atoms with Crippen LogP contribution in [0.1, 0.15) is 114 Å². The number of nitrogens with zero attached hydrogens (tertiary/aromatic N) is 10. The zero-order valence-corrected chi connectivity index (χ0v) is 80.7. The van der Waals surface area contributed by atoms with Crippen molar-refractivity contribution in [3.63, 3.8) is 0 Å². The summed E-state index contributed by atoms with van der Waals surface area (Å²) in [4.78, 5) is 178. The lowest BCUT2D eigenvalue weighted by Gasteiger charge is -2.23. The van der Waals surface area contributed by atoms with E-state index in [4.69, 9.17) is 49.0 Å². The maximum Gasteiger partial charge on any atom is 0.478 e. The molecule has 0 aliphatic carbocycles. The third-order valence-electron chi connectivity index (χ3n) is 21.8. The van der Waals surface area contributed by atoms with Crippen LogP contribution < -0.4 is 93.0 Å². The van der Waals surface area contributed by atoms with Gasteiger partial charge in [0.15, 0.2) is 43.4 Å². The number of aryl methyl sites for hydroxylation is 4. The molecule has 10 heterocycles. The Hall–Kier alpha value is -11.8. The number of aliphatic hydroxyl groups is 2. The average molecular weight is 2080 g/mol. The van der Waals surface area contributed by atoms with Crippen molar-refractivity contribution in [1.29, 1.82) is 0 Å². The number of ether oxygens (including phenoxy) is 4. The number of aromatic amines is 2. The molecule has 10 aromatic rings. The van der Waals surface area contributed by atoms with Crippen molar-refractivity contribution in [2.75, 3.05) is 86.8 Å². The molecule has 0 saturated carbocycles. The average Bonchev–Trinajstić information content (AvgIpc) is 1.60. The van der Waals surface area contributed by atoms with E-state index in [9.17, 15) is 112 Å². The molecule has 60 heteroatoms. The molecule has 12 atom stereocenters. The quantitative estimate of drug-likeness (QED) is 0.00755. The van der Waals surface area contributed by atoms with Crippen LogP contribution in [-0.2, 0) is 112 Å². The van der Waals surface area contributed by atoms with Crippen molar-refractivity contribution in [2.24, 2.45) is 14.1 Å². The van der Waals surface area contributed by atoms with Crippen LogP contribution in [0.2, 0.25) is 0 Å². The van der Waals surface area contributed by atoms with Gasteiger partial charge in [-0.3, -0.25) is 56.5 Å². The first kappa shape index (κ1) is 109. The highest BCUT2D eigenvalue weighted by atomic mass is 32.2. The van der Waals surface area contributed by atoms with Crippen molar-refractivity contribution in [3.8, 4) is 0 Å². The SMILES string of the molecule is CCN(CC)c1ccc2cc(/C=C/c3ccc(S(=O)(=O)[O-])c[n+]3CCCCCC(=O)NCCNC(=O)O[C@@H]3[C@H](O)[C@@H](COP(=O)(O)OP(=O)([O-])O)O[C@H]3[n+]3cn(C)c4c(=O)[nH]c(N)nc43)c(=O)oc2c1.CCN(CC)c1ccc2cc(/C=C/c3ccc(S(=O)(=O)[O-])c[n+]3CCCCCC(=O)NCCNC(=O)O[C@H]3[C@@H](O)[C@H]([n+]4cn(C)c5c(=O)[nH]c(N)nc54)O[C@@H]3COP(=O)(O)OP(=O)([O-])O)c(=O)oc2c1. The molecule has 2 aromatic carbocycles. The lowest BCUT2D eigenvalue weighted by atomic mass is 10.1. The van der Waals surface area contributed by atoms with E-state index in [1.807, 2.05) is 52.0 Å². The van der Waals surface area contributed by atoms with E-state index < -0.39 is 158 Å². The van der Waals surface area contributed by atoms with Crippen LogP contribution in [0.3, 0.4) is 0 Å². The minimum atomic E-state index is -5.77. The number of nitrogen functional groups attached to an aromatic ring is 2. The number of benzene rings is 2. The first-order chi connectivity index (χ1) is 65.9. The number of pyridine rings is 2. The molecule has 16 N–H and O–H groups in total. The number of phosphoric acid groups is 4. The number of fused-ring (bicyclic) bond motifs is 4. The fourth-order valence-corrected chi connectivity index (χ4v) is 19.3. The Morgan fingerprint density at radius 1 is 0.536 bits per heavy atom. The smallest absolute Gasteiger partial charge is 0.478 e. The lowest BCUT2D eigenvalue weighted by molar-refractivity contribution is -0.746. The Kier molecular flexibility index (Phi) is 36.3. The molecule has 760 valence electrons. The number of phosphoric ester groups is 2. The van der Waals surface area contributed by atoms with Crippen LogP contribution in [0.5, 0.6) is 0 Å². The molecular weight excluding hydrogens is 1980 g/mol. The molecule has 0 bridgehead atoms. The molecule has 2 saturated heterocycles. The summed E-state index contributed by atoms with van der Waals surface area (Å²) >= 11 is 0. The summed E-state index contributed by atoms with van der Waals surface area (Å²) < 4.78 is 176. The van der Waals surface area contributed by atoms with Crippen molar-refractivity contribution < 1.29 is 167 Å². The summed E-state index contributed by atoms with van der Waals surface area (Å²) in [5.41, 5.74) is 12.9. The standard InChI is InChI=1S/2C40H51N9O18P2S/c1-4-47(5-2)27-13-10-24-19-25(38(53)65-29(24)20-27)11-12-26-14-15-28(70(60,61)62)21-48(26)18-8-6-7-9-31(50)42-16-17-43-40(54)66-34-30(22-63-69(58,59)67-68(55,56)57)64-37(33(34)51)49-23-46(3)32-35(49)44-39(41)45-36(32)52;1-4-47(5-2)27-13-10-24-19-25(38(53)65-29(24)20-27)11-12-26-14-15-28(70(60,61)62)21-48(26)18-8-6-7-9-31(50)42-16-17-43-40(54)66-34-33(51)30(22-63-69(58,59)67-68(55,56)57)64-37(34)49-23-46(3)32-35(49)44-39(41)45-36(32)52/h2*10-15,19-21,23,30,33-34,37,51H,4-9,16-18,22H2,1-3H3,(H7-2,41,42,43,44,45,50,52,54,55,56,57,58,59,60,61,62)/t2*30-,33-,34-,37-/m11/s1. The Morgan fingerprint density at radius 2 is 0.929 bits per heavy atom. The predicted molar refractivity (Wildman–Crippen MR) is 484 cm³/mol. The van der Waals surface area contributed by atoms with E-state index in [-0.39, 0.29) is 109 Å². The fraction of sp³-hybridized carbons (Fsp3) is 0.425. The summed E-state index contributed by atoms with van der Waals surface area (Å²) in [6.45, 7) is 9.08. The highest BCUT2D eigenvalue weighted by molar-refractivity contribution is 7.86. The van der Waals surface area contributed by atoms with Gasteiger partial charge < -0.3 is 119 Å². The maximum absolute atomic E-state index is 13.0. The lowest BCUT2D eigenvalue weighted by Crippen LogP contribution is -2.49. The van der Waals surface area contributed by atoms with Gasteiger partial charge in [-0.05, 0) is 114 Å². The number of aromatic nitrogens is 10. The Bertz CT molecular complexity index is 7020. The number of hydrogen-bond acceptors (Lipinski definition) is 38. The molecular formula is C80H102N18O36P4S2. The van der Waals surface area contributed by atoms with Crippen LogP contribution in [0, 0.1) is 0 Å². The highest BCUT2D eigenvalue weighted by Gasteiger charge is 2.53. The fourth-order valence-electron chi connectivity index (χ4n) is 15.2. The minimum absolute atomic E-state index is 0.00981. The number of H-pyrrole nitrogens is 2. The minimum Gasteiger partial charge on any atom is -0.756 e. The van der Waals surface area contributed by atoms with Crippen LogP contribution >= 0.6 is 31.3 Å². The van der Waals surface area contributed by atoms with Gasteiger partial charge in [0.2, 0.25) is 46.7 Å². The van der Waals surface area contributed by atoms with Crippen molar-refractivity contribution in [1.82, 2.24) is 50.3 Å². The largest absolute Gasteiger partial charge is 0.756 e. The van der Waals surface area contributed by atoms with Gasteiger partial charge in [0.05, 0.1) is 38.4 Å². The number of amides is 4. The molecule has 4 amide bonds. The summed E-state index contributed by atoms with van der Waals surface area (Å²) in [7, 11) is -29.1. The number of alkyl carbamates (subject to hydrolysis) is 2. The molecule has 0 radical (unpaired) electrons. The maximum atomic E-state index is 13.0. The van der Waals surface area contributed by atoms with E-state index in [1.54, 1.807) is 45.6 Å². The number of imidazole rings is 2. The van der Waals surface area contributed by atoms with Gasteiger partial charge in [-0.25, -0.2) is 62.9 Å². The number of unbranched alkanes of at least 4 members (excludes halogenated alkanes) is 4. The number of nitrogens with one attached hydrogen (secondary N) is 6. The molecule has 54 nitrogen and oxygen atoms in total. The monoisotopic (exact) mass is 2080 g/mol. The Morgan fingerprint density at radius 3 is 1.34 bits per heavy atom. The predicted octanol–water partition coefficient (Wildman–Crippen LogP) is -0.460. The molecule has 2 aliphatic heterocycles. The summed E-state index contributed by atoms with van der Waals surface area (Å²) in [5.74, 6) is -1.36. The van der Waals surface area contributed by atoms with Gasteiger partial charge in [0.1, 0.15) is 72.6 Å². The second kappa shape index (κ2) is 46.7. The first-order valence-electron chi connectivity index (χ1n) is 43.0. The van der Waals surface area contributed by atoms with Crippen LogP contribution in [0.15, 0.2) is 136 Å². The van der Waals surface area contributed by atoms with Gasteiger partial charge in [-0.1, -0.05) is 9.97 Å². The van der Waals surface area contributed by atoms with E-state index in [1.165, 1.54) is 89.3 Å². The summed E-state index contributed by atoms with van der Waals surface area (Å²) in [6, 6.07) is 19.8. The molecule has 2 fully saturated rings. The van der Waals surface area contributed by atoms with Crippen LogP contribution in [0.4, 0.5) is 32.9 Å². The number of carbonyl (C=O) groups excluding carboxylic acids is 4. The van der Waals surface area contributed by atoms with E-state index in [0.717, 1.165) is 42.1 Å². The number of rotatable bonds is 44. The van der Waals surface area contributed by atoms with Crippen molar-refractivity contribution in [2.45, 2.75) is 151 Å². The zero-order chi connectivity index (χ0) is 102. The van der Waals surface area contributed by atoms with Crippen LogP contribution in [-0.4, -0.2) is 211 Å². The van der Waals surface area contributed by atoms with E-state index >= 15 is 0 Å². The first-order valence-corrected chi connectivity index (χ1v) is 51.8. The van der Waals surface area contributed by atoms with E-state index in [0.29, 0.717) is 71.9 Å². The molecule has 140 heavy (non-hydrogen) atoms. The second-order valence-electron chi connectivity index (χ2n) is 31.5. The van der Waals surface area contributed by atoms with Gasteiger partial charge in [-0.2, -0.15) is 9.13 Å². The van der Waals surface area contributed by atoms with Gasteiger partial charge in [0, 0.05) is 137 Å². The normalized spacial score (nSPS) is 19.0. The van der Waals surface area contributed by atoms with Crippen molar-refractivity contribution >= 4 is 167 Å². The van der Waals surface area contributed by atoms with Crippen molar-refractivity contribution in [3.05, 3.63) is 162 Å². The third kappa shape index (κ3) is 29.2. The number of hydrogen-bond donors (Lipinski definition) is 14. The second-order valence-corrected chi connectivity index (χ2v) is 39.8. The molecule has 0 spiro atoms.